The first kappa shape index (κ1) is 14.5. The van der Waals surface area contributed by atoms with Gasteiger partial charge in [-0.1, -0.05) is 42.5 Å². The molecule has 0 fully saturated rings. The lowest BCUT2D eigenvalue weighted by atomic mass is 10.0. The quantitative estimate of drug-likeness (QED) is 0.696. The number of ether oxygens (including phenoxy) is 1. The first-order valence-electron chi connectivity index (χ1n) is 6.72. The molecule has 1 atom stereocenters. The van der Waals surface area contributed by atoms with Crippen molar-refractivity contribution in [2.75, 3.05) is 13.6 Å². The third kappa shape index (κ3) is 3.35. The average molecular weight is 272 g/mol. The molecule has 106 valence electrons. The minimum Gasteiger partial charge on any atom is -0.456 e. The van der Waals surface area contributed by atoms with Crippen LogP contribution in [0.2, 0.25) is 0 Å². The summed E-state index contributed by atoms with van der Waals surface area (Å²) < 4.78 is 5.78. The fraction of sp³-hybridized carbons (Fsp3) is 0.312. The van der Waals surface area contributed by atoms with E-state index in [1.54, 1.807) is 6.08 Å². The second-order valence-electron chi connectivity index (χ2n) is 4.75. The largest absolute Gasteiger partial charge is 0.456 e. The molecule has 0 amide bonds. The molecule has 0 bridgehead atoms. The zero-order valence-corrected chi connectivity index (χ0v) is 11.6. The van der Waals surface area contributed by atoms with E-state index in [0.29, 0.717) is 36.4 Å². The Bertz CT molecular complexity index is 523. The SMILES string of the molecule is CNCC[C@@](O)(OC1=CC=CCC1=N)c1ccccc1. The van der Waals surface area contributed by atoms with Crippen molar-refractivity contribution in [3.8, 4) is 0 Å². The molecule has 4 nitrogen and oxygen atoms in total. The standard InChI is InChI=1S/C16H20N2O2/c1-18-12-11-16(19,13-7-3-2-4-8-13)20-15-10-6-5-9-14(15)17/h2-8,10,17-19H,9,11-12H2,1H3/t16-/m1/s1. The van der Waals surface area contributed by atoms with Crippen LogP contribution in [0.15, 0.2) is 54.3 Å². The van der Waals surface area contributed by atoms with Gasteiger partial charge in [0.25, 0.3) is 0 Å². The average Bonchev–Trinajstić information content (AvgIpc) is 2.48. The van der Waals surface area contributed by atoms with Gasteiger partial charge in [-0.05, 0) is 13.1 Å². The second kappa shape index (κ2) is 6.50. The van der Waals surface area contributed by atoms with Gasteiger partial charge in [-0.25, -0.2) is 0 Å². The summed E-state index contributed by atoms with van der Waals surface area (Å²) in [5.74, 6) is -0.997. The molecule has 2 rings (SSSR count). The van der Waals surface area contributed by atoms with Crippen molar-refractivity contribution >= 4 is 5.71 Å². The van der Waals surface area contributed by atoms with Gasteiger partial charge in [-0.2, -0.15) is 0 Å². The first-order valence-corrected chi connectivity index (χ1v) is 6.72. The van der Waals surface area contributed by atoms with Crippen molar-refractivity contribution in [2.24, 2.45) is 0 Å². The Balaban J connectivity index is 2.25. The summed E-state index contributed by atoms with van der Waals surface area (Å²) in [5.41, 5.74) is 1.07. The van der Waals surface area contributed by atoms with E-state index < -0.39 is 5.79 Å². The summed E-state index contributed by atoms with van der Waals surface area (Å²) >= 11 is 0. The van der Waals surface area contributed by atoms with Crippen LogP contribution >= 0.6 is 0 Å². The Kier molecular flexibility index (Phi) is 4.71. The van der Waals surface area contributed by atoms with Crippen LogP contribution in [-0.2, 0) is 10.5 Å². The third-order valence-electron chi connectivity index (χ3n) is 3.22. The zero-order chi connectivity index (χ0) is 14.4. The fourth-order valence-corrected chi connectivity index (χ4v) is 2.07. The predicted octanol–water partition coefficient (Wildman–Crippen LogP) is 2.32. The Morgan fingerprint density at radius 3 is 2.75 bits per heavy atom. The number of benzene rings is 1. The highest BCUT2D eigenvalue weighted by molar-refractivity contribution is 5.98. The van der Waals surface area contributed by atoms with Gasteiger partial charge in [0.15, 0.2) is 0 Å². The normalized spacial score (nSPS) is 17.5. The maximum atomic E-state index is 10.9. The van der Waals surface area contributed by atoms with Crippen molar-refractivity contribution in [3.05, 3.63) is 59.9 Å². The monoisotopic (exact) mass is 272 g/mol. The highest BCUT2D eigenvalue weighted by Crippen LogP contribution is 2.30. The predicted molar refractivity (Wildman–Crippen MR) is 79.5 cm³/mol. The molecule has 0 saturated heterocycles. The molecule has 0 unspecified atom stereocenters. The lowest BCUT2D eigenvalue weighted by Crippen LogP contribution is -2.34. The van der Waals surface area contributed by atoms with E-state index in [-0.39, 0.29) is 0 Å². The van der Waals surface area contributed by atoms with Gasteiger partial charge in [0, 0.05) is 24.9 Å². The minimum absolute atomic E-state index is 0.381. The molecule has 3 N–H and O–H groups in total. The molecule has 0 radical (unpaired) electrons. The second-order valence-corrected chi connectivity index (χ2v) is 4.75. The molecule has 1 aliphatic rings. The van der Waals surface area contributed by atoms with Crippen LogP contribution in [0.1, 0.15) is 18.4 Å². The van der Waals surface area contributed by atoms with E-state index >= 15 is 0 Å². The van der Waals surface area contributed by atoms with E-state index in [4.69, 9.17) is 10.1 Å². The van der Waals surface area contributed by atoms with Crippen LogP contribution in [0, 0.1) is 5.41 Å². The molecule has 0 spiro atoms. The summed E-state index contributed by atoms with van der Waals surface area (Å²) in [6, 6.07) is 9.29. The van der Waals surface area contributed by atoms with Crippen LogP contribution in [0.3, 0.4) is 0 Å². The number of hydrogen-bond acceptors (Lipinski definition) is 4. The molecular weight excluding hydrogens is 252 g/mol. The van der Waals surface area contributed by atoms with Crippen molar-refractivity contribution in [1.82, 2.24) is 5.32 Å². The molecule has 0 aromatic heterocycles. The lowest BCUT2D eigenvalue weighted by molar-refractivity contribution is -0.185. The molecule has 4 heteroatoms. The molecule has 20 heavy (non-hydrogen) atoms. The minimum atomic E-state index is -1.42. The van der Waals surface area contributed by atoms with Crippen LogP contribution < -0.4 is 5.32 Å². The number of rotatable bonds is 6. The van der Waals surface area contributed by atoms with Crippen LogP contribution in [-0.4, -0.2) is 24.4 Å². The smallest absolute Gasteiger partial charge is 0.236 e. The lowest BCUT2D eigenvalue weighted by Gasteiger charge is -2.31. The molecule has 1 aromatic rings. The van der Waals surface area contributed by atoms with Gasteiger partial charge in [-0.3, -0.25) is 0 Å². The fourth-order valence-electron chi connectivity index (χ4n) is 2.07. The molecular formula is C16H20N2O2. The van der Waals surface area contributed by atoms with Crippen LogP contribution in [0.25, 0.3) is 0 Å². The van der Waals surface area contributed by atoms with Crippen molar-refractivity contribution < 1.29 is 9.84 Å². The Labute approximate surface area is 119 Å². The summed E-state index contributed by atoms with van der Waals surface area (Å²) in [7, 11) is 1.83. The third-order valence-corrected chi connectivity index (χ3v) is 3.22. The van der Waals surface area contributed by atoms with E-state index in [0.717, 1.165) is 0 Å². The molecule has 0 saturated carbocycles. The van der Waals surface area contributed by atoms with Gasteiger partial charge in [0.1, 0.15) is 5.76 Å². The highest BCUT2D eigenvalue weighted by atomic mass is 16.6. The molecule has 1 aliphatic carbocycles. The van der Waals surface area contributed by atoms with Gasteiger partial charge in [0.2, 0.25) is 5.79 Å². The molecule has 1 aromatic carbocycles. The van der Waals surface area contributed by atoms with Crippen molar-refractivity contribution in [1.29, 1.82) is 5.41 Å². The van der Waals surface area contributed by atoms with E-state index in [1.807, 2.05) is 49.5 Å². The molecule has 0 aliphatic heterocycles. The van der Waals surface area contributed by atoms with E-state index in [2.05, 4.69) is 5.32 Å². The van der Waals surface area contributed by atoms with E-state index in [9.17, 15) is 5.11 Å². The maximum Gasteiger partial charge on any atom is 0.236 e. The van der Waals surface area contributed by atoms with E-state index in [1.165, 1.54) is 0 Å². The number of hydrogen-bond donors (Lipinski definition) is 3. The Morgan fingerprint density at radius 2 is 2.10 bits per heavy atom. The summed E-state index contributed by atoms with van der Waals surface area (Å²) in [6.45, 7) is 0.613. The van der Waals surface area contributed by atoms with Gasteiger partial charge in [-0.15, -0.1) is 0 Å². The van der Waals surface area contributed by atoms with Crippen molar-refractivity contribution in [3.63, 3.8) is 0 Å². The zero-order valence-electron chi connectivity index (χ0n) is 11.6. The van der Waals surface area contributed by atoms with Crippen molar-refractivity contribution in [2.45, 2.75) is 18.6 Å². The Hall–Kier alpha value is -1.91. The van der Waals surface area contributed by atoms with Gasteiger partial charge < -0.3 is 20.6 Å². The van der Waals surface area contributed by atoms with Gasteiger partial charge >= 0.3 is 0 Å². The number of aliphatic hydroxyl groups is 1. The Morgan fingerprint density at radius 1 is 1.35 bits per heavy atom. The topological polar surface area (TPSA) is 65.3 Å². The maximum absolute atomic E-state index is 10.9. The van der Waals surface area contributed by atoms with Crippen LogP contribution in [0.4, 0.5) is 0 Å². The van der Waals surface area contributed by atoms with Gasteiger partial charge in [0.05, 0.1) is 5.71 Å². The number of nitrogens with one attached hydrogen (secondary N) is 2. The highest BCUT2D eigenvalue weighted by Gasteiger charge is 2.32. The summed E-state index contributed by atoms with van der Waals surface area (Å²) in [4.78, 5) is 0. The summed E-state index contributed by atoms with van der Waals surface area (Å²) in [5, 5.41) is 21.8. The first-order chi connectivity index (χ1) is 9.65. The number of allylic oxidation sites excluding steroid dienone is 4. The van der Waals surface area contributed by atoms with Crippen LogP contribution in [0.5, 0.6) is 0 Å². The molecule has 0 heterocycles. The summed E-state index contributed by atoms with van der Waals surface area (Å²) in [6.07, 6.45) is 6.39.